The summed E-state index contributed by atoms with van der Waals surface area (Å²) in [5.74, 6) is -1.06. The van der Waals surface area contributed by atoms with Gasteiger partial charge < -0.3 is 16.0 Å². The highest BCUT2D eigenvalue weighted by Crippen LogP contribution is 2.16. The van der Waals surface area contributed by atoms with E-state index in [0.717, 1.165) is 6.42 Å². The number of hydrogen-bond acceptors (Lipinski definition) is 3. The zero-order valence-electron chi connectivity index (χ0n) is 10.2. The molecule has 0 spiro atoms. The second kappa shape index (κ2) is 5.65. The highest BCUT2D eigenvalue weighted by molar-refractivity contribution is 5.90. The van der Waals surface area contributed by atoms with Gasteiger partial charge in [0.05, 0.1) is 6.54 Å². The van der Waals surface area contributed by atoms with Crippen molar-refractivity contribution in [3.63, 3.8) is 0 Å². The SMILES string of the molecule is CC(C)C(=O)NCC(=O)N1CCC[C@H]1C(N)=O. The van der Waals surface area contributed by atoms with Crippen LogP contribution >= 0.6 is 0 Å². The molecule has 1 atom stereocenters. The van der Waals surface area contributed by atoms with Crippen LogP contribution in [0.3, 0.4) is 0 Å². The average Bonchev–Trinajstić information content (AvgIpc) is 2.73. The molecule has 1 heterocycles. The van der Waals surface area contributed by atoms with E-state index in [1.807, 2.05) is 0 Å². The number of carbonyl (C=O) groups excluding carboxylic acids is 3. The summed E-state index contributed by atoms with van der Waals surface area (Å²) in [4.78, 5) is 35.6. The first-order valence-electron chi connectivity index (χ1n) is 5.80. The van der Waals surface area contributed by atoms with Crippen LogP contribution in [0, 0.1) is 5.92 Å². The van der Waals surface area contributed by atoms with Crippen molar-refractivity contribution in [3.05, 3.63) is 0 Å². The molecule has 0 aliphatic carbocycles. The third kappa shape index (κ3) is 3.44. The molecular weight excluding hydrogens is 222 g/mol. The van der Waals surface area contributed by atoms with Crippen molar-refractivity contribution in [3.8, 4) is 0 Å². The van der Waals surface area contributed by atoms with Crippen LogP contribution in [0.25, 0.3) is 0 Å². The molecule has 3 amide bonds. The molecule has 0 unspecified atom stereocenters. The van der Waals surface area contributed by atoms with E-state index in [2.05, 4.69) is 5.32 Å². The predicted octanol–water partition coefficient (Wildman–Crippen LogP) is -0.765. The van der Waals surface area contributed by atoms with Crippen molar-refractivity contribution >= 4 is 17.7 Å². The Hall–Kier alpha value is -1.59. The normalized spacial score (nSPS) is 19.5. The van der Waals surface area contributed by atoms with Gasteiger partial charge in [-0.25, -0.2) is 0 Å². The van der Waals surface area contributed by atoms with Gasteiger partial charge in [0.15, 0.2) is 0 Å². The lowest BCUT2D eigenvalue weighted by molar-refractivity contribution is -0.138. The number of nitrogens with zero attached hydrogens (tertiary/aromatic N) is 1. The summed E-state index contributed by atoms with van der Waals surface area (Å²) in [6.45, 7) is 3.97. The minimum absolute atomic E-state index is 0.0687. The topological polar surface area (TPSA) is 92.5 Å². The maximum atomic E-state index is 11.8. The Morgan fingerprint density at radius 2 is 2.06 bits per heavy atom. The van der Waals surface area contributed by atoms with Crippen molar-refractivity contribution in [1.29, 1.82) is 0 Å². The van der Waals surface area contributed by atoms with E-state index in [-0.39, 0.29) is 24.3 Å². The van der Waals surface area contributed by atoms with E-state index in [9.17, 15) is 14.4 Å². The van der Waals surface area contributed by atoms with Crippen molar-refractivity contribution in [2.45, 2.75) is 32.7 Å². The minimum Gasteiger partial charge on any atom is -0.368 e. The molecule has 1 aliphatic heterocycles. The van der Waals surface area contributed by atoms with Crippen LogP contribution < -0.4 is 11.1 Å². The van der Waals surface area contributed by atoms with E-state index in [0.29, 0.717) is 13.0 Å². The fraction of sp³-hybridized carbons (Fsp3) is 0.727. The van der Waals surface area contributed by atoms with Crippen LogP contribution in [0.1, 0.15) is 26.7 Å². The number of primary amides is 1. The Morgan fingerprint density at radius 1 is 1.41 bits per heavy atom. The molecule has 96 valence electrons. The maximum absolute atomic E-state index is 11.8. The molecule has 0 aromatic rings. The van der Waals surface area contributed by atoms with Gasteiger partial charge in [-0.15, -0.1) is 0 Å². The largest absolute Gasteiger partial charge is 0.368 e. The van der Waals surface area contributed by atoms with Gasteiger partial charge in [-0.1, -0.05) is 13.8 Å². The summed E-state index contributed by atoms with van der Waals surface area (Å²) in [5, 5.41) is 2.54. The van der Waals surface area contributed by atoms with Crippen LogP contribution in [0.4, 0.5) is 0 Å². The van der Waals surface area contributed by atoms with Gasteiger partial charge in [0, 0.05) is 12.5 Å². The highest BCUT2D eigenvalue weighted by atomic mass is 16.2. The molecule has 0 aromatic heterocycles. The van der Waals surface area contributed by atoms with Crippen molar-refractivity contribution in [1.82, 2.24) is 10.2 Å². The summed E-state index contributed by atoms with van der Waals surface area (Å²) in [7, 11) is 0. The number of nitrogens with one attached hydrogen (secondary N) is 1. The van der Waals surface area contributed by atoms with Crippen LogP contribution in [0.5, 0.6) is 0 Å². The summed E-state index contributed by atoms with van der Waals surface area (Å²) < 4.78 is 0. The fourth-order valence-corrected chi connectivity index (χ4v) is 1.83. The number of amides is 3. The van der Waals surface area contributed by atoms with Crippen molar-refractivity contribution in [2.75, 3.05) is 13.1 Å². The molecule has 6 nitrogen and oxygen atoms in total. The van der Waals surface area contributed by atoms with Gasteiger partial charge in [0.2, 0.25) is 17.7 Å². The lowest BCUT2D eigenvalue weighted by Crippen LogP contribution is -2.47. The van der Waals surface area contributed by atoms with Crippen LogP contribution in [0.2, 0.25) is 0 Å². The highest BCUT2D eigenvalue weighted by Gasteiger charge is 2.32. The Bertz CT molecular complexity index is 328. The number of hydrogen-bond donors (Lipinski definition) is 2. The summed E-state index contributed by atoms with van der Waals surface area (Å²) in [6.07, 6.45) is 1.39. The van der Waals surface area contributed by atoms with Crippen molar-refractivity contribution < 1.29 is 14.4 Å². The van der Waals surface area contributed by atoms with Gasteiger partial charge in [-0.2, -0.15) is 0 Å². The Morgan fingerprint density at radius 3 is 2.59 bits per heavy atom. The van der Waals surface area contributed by atoms with Crippen molar-refractivity contribution in [2.24, 2.45) is 11.7 Å². The van der Waals surface area contributed by atoms with Crippen LogP contribution in [-0.2, 0) is 14.4 Å². The summed E-state index contributed by atoms with van der Waals surface area (Å²) >= 11 is 0. The predicted molar refractivity (Wildman–Crippen MR) is 61.8 cm³/mol. The van der Waals surface area contributed by atoms with Gasteiger partial charge in [0.25, 0.3) is 0 Å². The maximum Gasteiger partial charge on any atom is 0.242 e. The molecule has 1 saturated heterocycles. The number of carbonyl (C=O) groups is 3. The standard InChI is InChI=1S/C11H19N3O3/c1-7(2)11(17)13-6-9(15)14-5-3-4-8(14)10(12)16/h7-8H,3-6H2,1-2H3,(H2,12,16)(H,13,17)/t8-/m0/s1. The fourth-order valence-electron chi connectivity index (χ4n) is 1.83. The first-order valence-corrected chi connectivity index (χ1v) is 5.80. The molecule has 3 N–H and O–H groups in total. The van der Waals surface area contributed by atoms with E-state index in [1.165, 1.54) is 4.90 Å². The summed E-state index contributed by atoms with van der Waals surface area (Å²) in [6, 6.07) is -0.515. The van der Waals surface area contributed by atoms with Crippen LogP contribution in [-0.4, -0.2) is 41.8 Å². The quantitative estimate of drug-likeness (QED) is 0.677. The smallest absolute Gasteiger partial charge is 0.242 e. The molecule has 0 saturated carbocycles. The molecule has 1 fully saturated rings. The molecule has 0 bridgehead atoms. The lowest BCUT2D eigenvalue weighted by Gasteiger charge is -2.22. The molecule has 0 radical (unpaired) electrons. The lowest BCUT2D eigenvalue weighted by atomic mass is 10.2. The zero-order valence-corrected chi connectivity index (χ0v) is 10.2. The Kier molecular flexibility index (Phi) is 4.48. The third-order valence-corrected chi connectivity index (χ3v) is 2.84. The zero-order chi connectivity index (χ0) is 13.0. The monoisotopic (exact) mass is 241 g/mol. The van der Waals surface area contributed by atoms with E-state index >= 15 is 0 Å². The van der Waals surface area contributed by atoms with Gasteiger partial charge in [-0.05, 0) is 12.8 Å². The molecule has 0 aromatic carbocycles. The first-order chi connectivity index (χ1) is 7.93. The minimum atomic E-state index is -0.515. The number of nitrogens with two attached hydrogens (primary N) is 1. The Labute approximate surface area is 101 Å². The second-order valence-corrected chi connectivity index (χ2v) is 4.52. The molecule has 1 aliphatic rings. The van der Waals surface area contributed by atoms with Gasteiger partial charge in [-0.3, -0.25) is 14.4 Å². The summed E-state index contributed by atoms with van der Waals surface area (Å²) in [5.41, 5.74) is 5.21. The second-order valence-electron chi connectivity index (χ2n) is 4.52. The van der Waals surface area contributed by atoms with Crippen LogP contribution in [0.15, 0.2) is 0 Å². The number of likely N-dealkylation sites (tertiary alicyclic amines) is 1. The molecule has 6 heteroatoms. The molecule has 17 heavy (non-hydrogen) atoms. The first kappa shape index (κ1) is 13.5. The molecule has 1 rings (SSSR count). The third-order valence-electron chi connectivity index (χ3n) is 2.84. The van der Waals surface area contributed by atoms with Gasteiger partial charge >= 0.3 is 0 Å². The van der Waals surface area contributed by atoms with Gasteiger partial charge in [0.1, 0.15) is 6.04 Å². The molecular formula is C11H19N3O3. The van der Waals surface area contributed by atoms with E-state index < -0.39 is 11.9 Å². The van der Waals surface area contributed by atoms with E-state index in [4.69, 9.17) is 5.73 Å². The Balaban J connectivity index is 2.47. The number of rotatable bonds is 4. The average molecular weight is 241 g/mol. The van der Waals surface area contributed by atoms with E-state index in [1.54, 1.807) is 13.8 Å².